The van der Waals surface area contributed by atoms with Gasteiger partial charge < -0.3 is 10.8 Å². The SMILES string of the molecule is Cn1nc(-c2ccccc2O)cc1CN. The summed E-state index contributed by atoms with van der Waals surface area (Å²) in [4.78, 5) is 0. The largest absolute Gasteiger partial charge is 0.507 e. The normalized spacial score (nSPS) is 10.5. The van der Waals surface area contributed by atoms with Crippen molar-refractivity contribution in [3.8, 4) is 17.0 Å². The van der Waals surface area contributed by atoms with Crippen LogP contribution >= 0.6 is 0 Å². The molecular formula is C11H13N3O. The lowest BCUT2D eigenvalue weighted by Gasteiger charge is -1.98. The number of aryl methyl sites for hydroxylation is 1. The van der Waals surface area contributed by atoms with Crippen LogP contribution in [0.2, 0.25) is 0 Å². The molecule has 78 valence electrons. The van der Waals surface area contributed by atoms with Crippen LogP contribution in [-0.4, -0.2) is 14.9 Å². The maximum Gasteiger partial charge on any atom is 0.125 e. The van der Waals surface area contributed by atoms with E-state index in [0.29, 0.717) is 6.54 Å². The average Bonchev–Trinajstić information content (AvgIpc) is 2.60. The van der Waals surface area contributed by atoms with Gasteiger partial charge in [0.25, 0.3) is 0 Å². The van der Waals surface area contributed by atoms with Crippen molar-refractivity contribution in [2.45, 2.75) is 6.54 Å². The number of hydrogen-bond donors (Lipinski definition) is 2. The van der Waals surface area contributed by atoms with Gasteiger partial charge in [0.15, 0.2) is 0 Å². The number of para-hydroxylation sites is 1. The van der Waals surface area contributed by atoms with Crippen LogP contribution < -0.4 is 5.73 Å². The molecule has 1 aromatic heterocycles. The molecule has 4 nitrogen and oxygen atoms in total. The van der Waals surface area contributed by atoms with E-state index in [2.05, 4.69) is 5.10 Å². The van der Waals surface area contributed by atoms with E-state index in [-0.39, 0.29) is 5.75 Å². The number of phenols is 1. The van der Waals surface area contributed by atoms with Gasteiger partial charge >= 0.3 is 0 Å². The molecule has 0 aliphatic heterocycles. The third-order valence-electron chi connectivity index (χ3n) is 2.37. The van der Waals surface area contributed by atoms with Crippen LogP contribution in [0.15, 0.2) is 30.3 Å². The zero-order valence-electron chi connectivity index (χ0n) is 8.51. The molecule has 2 rings (SSSR count). The van der Waals surface area contributed by atoms with Crippen molar-refractivity contribution in [1.29, 1.82) is 0 Å². The summed E-state index contributed by atoms with van der Waals surface area (Å²) in [6.07, 6.45) is 0. The zero-order valence-corrected chi connectivity index (χ0v) is 8.51. The number of aromatic hydroxyl groups is 1. The average molecular weight is 203 g/mol. The summed E-state index contributed by atoms with van der Waals surface area (Å²) in [5.41, 5.74) is 7.97. The first-order chi connectivity index (χ1) is 7.22. The van der Waals surface area contributed by atoms with Crippen LogP contribution in [0.25, 0.3) is 11.3 Å². The van der Waals surface area contributed by atoms with Crippen molar-refractivity contribution in [3.05, 3.63) is 36.0 Å². The van der Waals surface area contributed by atoms with Crippen LogP contribution in [0, 0.1) is 0 Å². The second kappa shape index (κ2) is 3.74. The van der Waals surface area contributed by atoms with Crippen LogP contribution in [-0.2, 0) is 13.6 Å². The predicted molar refractivity (Wildman–Crippen MR) is 58.2 cm³/mol. The Morgan fingerprint density at radius 3 is 2.73 bits per heavy atom. The number of benzene rings is 1. The Balaban J connectivity index is 2.50. The van der Waals surface area contributed by atoms with Gasteiger partial charge in [0.05, 0.1) is 11.4 Å². The molecule has 0 aliphatic carbocycles. The monoisotopic (exact) mass is 203 g/mol. The minimum atomic E-state index is 0.235. The van der Waals surface area contributed by atoms with Gasteiger partial charge in [0.2, 0.25) is 0 Å². The molecule has 0 unspecified atom stereocenters. The maximum absolute atomic E-state index is 9.66. The summed E-state index contributed by atoms with van der Waals surface area (Å²) >= 11 is 0. The van der Waals surface area contributed by atoms with Gasteiger partial charge in [-0.3, -0.25) is 4.68 Å². The van der Waals surface area contributed by atoms with Crippen molar-refractivity contribution in [2.75, 3.05) is 0 Å². The molecule has 3 N–H and O–H groups in total. The molecule has 2 aromatic rings. The standard InChI is InChI=1S/C11H13N3O/c1-14-8(7-12)6-10(13-14)9-4-2-3-5-11(9)15/h2-6,15H,7,12H2,1H3. The van der Waals surface area contributed by atoms with Gasteiger partial charge in [-0.2, -0.15) is 5.10 Å². The highest BCUT2D eigenvalue weighted by Crippen LogP contribution is 2.27. The molecule has 0 saturated carbocycles. The van der Waals surface area contributed by atoms with Crippen LogP contribution in [0.4, 0.5) is 0 Å². The van der Waals surface area contributed by atoms with E-state index in [4.69, 9.17) is 5.73 Å². The van der Waals surface area contributed by atoms with E-state index in [1.54, 1.807) is 16.8 Å². The smallest absolute Gasteiger partial charge is 0.125 e. The molecule has 0 saturated heterocycles. The number of hydrogen-bond acceptors (Lipinski definition) is 3. The van der Waals surface area contributed by atoms with Crippen LogP contribution in [0.5, 0.6) is 5.75 Å². The number of nitrogens with two attached hydrogens (primary N) is 1. The molecule has 0 bridgehead atoms. The molecule has 0 fully saturated rings. The summed E-state index contributed by atoms with van der Waals surface area (Å²) in [5, 5.41) is 13.9. The maximum atomic E-state index is 9.66. The first-order valence-corrected chi connectivity index (χ1v) is 4.73. The Kier molecular flexibility index (Phi) is 2.43. The Morgan fingerprint density at radius 1 is 1.40 bits per heavy atom. The minimum Gasteiger partial charge on any atom is -0.507 e. The summed E-state index contributed by atoms with van der Waals surface area (Å²) in [6, 6.07) is 9.01. The van der Waals surface area contributed by atoms with E-state index >= 15 is 0 Å². The van der Waals surface area contributed by atoms with Crippen molar-refractivity contribution in [1.82, 2.24) is 9.78 Å². The lowest BCUT2D eigenvalue weighted by molar-refractivity contribution is 0.477. The Labute approximate surface area is 88.0 Å². The lowest BCUT2D eigenvalue weighted by Crippen LogP contribution is -2.03. The second-order valence-electron chi connectivity index (χ2n) is 3.37. The number of aromatic nitrogens is 2. The minimum absolute atomic E-state index is 0.235. The molecule has 0 spiro atoms. The van der Waals surface area contributed by atoms with E-state index in [1.165, 1.54) is 0 Å². The zero-order chi connectivity index (χ0) is 10.8. The van der Waals surface area contributed by atoms with Crippen molar-refractivity contribution in [3.63, 3.8) is 0 Å². The second-order valence-corrected chi connectivity index (χ2v) is 3.37. The van der Waals surface area contributed by atoms with Gasteiger partial charge in [0.1, 0.15) is 5.75 Å². The summed E-state index contributed by atoms with van der Waals surface area (Å²) in [5.74, 6) is 0.235. The summed E-state index contributed by atoms with van der Waals surface area (Å²) < 4.78 is 1.72. The molecule has 0 atom stereocenters. The highest BCUT2D eigenvalue weighted by molar-refractivity contribution is 5.66. The lowest BCUT2D eigenvalue weighted by atomic mass is 10.1. The molecule has 1 aromatic carbocycles. The van der Waals surface area contributed by atoms with Crippen LogP contribution in [0.3, 0.4) is 0 Å². The highest BCUT2D eigenvalue weighted by Gasteiger charge is 2.08. The van der Waals surface area contributed by atoms with Gasteiger partial charge in [-0.15, -0.1) is 0 Å². The highest BCUT2D eigenvalue weighted by atomic mass is 16.3. The molecule has 0 radical (unpaired) electrons. The van der Waals surface area contributed by atoms with E-state index < -0.39 is 0 Å². The molecule has 0 amide bonds. The third-order valence-corrected chi connectivity index (χ3v) is 2.37. The van der Waals surface area contributed by atoms with Gasteiger partial charge in [0, 0.05) is 19.2 Å². The topological polar surface area (TPSA) is 64.1 Å². The Hall–Kier alpha value is -1.81. The quantitative estimate of drug-likeness (QED) is 0.772. The van der Waals surface area contributed by atoms with Gasteiger partial charge in [-0.05, 0) is 18.2 Å². The fourth-order valence-corrected chi connectivity index (χ4v) is 1.52. The van der Waals surface area contributed by atoms with E-state index in [1.807, 2.05) is 25.2 Å². The molecule has 0 aliphatic rings. The summed E-state index contributed by atoms with van der Waals surface area (Å²) in [6.45, 7) is 0.442. The van der Waals surface area contributed by atoms with Gasteiger partial charge in [-0.25, -0.2) is 0 Å². The van der Waals surface area contributed by atoms with Gasteiger partial charge in [-0.1, -0.05) is 12.1 Å². The number of phenolic OH excluding ortho intramolecular Hbond substituents is 1. The molecular weight excluding hydrogens is 190 g/mol. The van der Waals surface area contributed by atoms with Crippen molar-refractivity contribution >= 4 is 0 Å². The molecule has 1 heterocycles. The van der Waals surface area contributed by atoms with E-state index in [9.17, 15) is 5.11 Å². The van der Waals surface area contributed by atoms with Crippen LogP contribution in [0.1, 0.15) is 5.69 Å². The number of rotatable bonds is 2. The molecule has 4 heteroatoms. The fourth-order valence-electron chi connectivity index (χ4n) is 1.52. The fraction of sp³-hybridized carbons (Fsp3) is 0.182. The predicted octanol–water partition coefficient (Wildman–Crippen LogP) is 1.25. The molecule has 15 heavy (non-hydrogen) atoms. The van der Waals surface area contributed by atoms with Crippen molar-refractivity contribution < 1.29 is 5.11 Å². The Bertz CT molecular complexity index is 476. The van der Waals surface area contributed by atoms with E-state index in [0.717, 1.165) is 17.0 Å². The Morgan fingerprint density at radius 2 is 2.13 bits per heavy atom. The first kappa shape index (κ1) is 9.73. The number of nitrogens with zero attached hydrogens (tertiary/aromatic N) is 2. The van der Waals surface area contributed by atoms with Crippen molar-refractivity contribution in [2.24, 2.45) is 12.8 Å². The third kappa shape index (κ3) is 1.71. The first-order valence-electron chi connectivity index (χ1n) is 4.73. The summed E-state index contributed by atoms with van der Waals surface area (Å²) in [7, 11) is 1.84.